The van der Waals surface area contributed by atoms with Gasteiger partial charge in [-0.25, -0.2) is 4.98 Å². The van der Waals surface area contributed by atoms with Crippen molar-refractivity contribution in [3.8, 4) is 5.75 Å². The number of halogens is 1. The monoisotopic (exact) mass is 386 g/mol. The molecule has 3 aromatic rings. The van der Waals surface area contributed by atoms with E-state index in [2.05, 4.69) is 4.98 Å². The number of ether oxygens (including phenoxy) is 1. The third-order valence-corrected chi connectivity index (χ3v) is 4.77. The summed E-state index contributed by atoms with van der Waals surface area (Å²) < 4.78 is 7.39. The number of hydrogen-bond acceptors (Lipinski definition) is 4. The van der Waals surface area contributed by atoms with Gasteiger partial charge in [0, 0.05) is 24.2 Å². The number of aliphatic hydroxyl groups is 1. The molecule has 2 aromatic heterocycles. The first-order valence-electron chi connectivity index (χ1n) is 9.02. The van der Waals surface area contributed by atoms with Gasteiger partial charge in [0.15, 0.2) is 17.2 Å². The summed E-state index contributed by atoms with van der Waals surface area (Å²) in [6.45, 7) is 4.20. The normalized spacial score (nSPS) is 12.3. The Morgan fingerprint density at radius 3 is 2.70 bits per heavy atom. The van der Waals surface area contributed by atoms with E-state index in [-0.39, 0.29) is 24.7 Å². The van der Waals surface area contributed by atoms with E-state index in [0.29, 0.717) is 40.8 Å². The highest BCUT2D eigenvalue weighted by Crippen LogP contribution is 2.24. The molecule has 1 N–H and O–H groups in total. The van der Waals surface area contributed by atoms with Crippen LogP contribution in [0.1, 0.15) is 35.1 Å². The number of fused-ring (bicyclic) bond motifs is 1. The maximum Gasteiger partial charge on any atom is 0.181 e. The zero-order valence-electron chi connectivity index (χ0n) is 15.5. The third-order valence-electron chi connectivity index (χ3n) is 4.52. The molecule has 27 heavy (non-hydrogen) atoms. The maximum absolute atomic E-state index is 13.0. The number of rotatable bonds is 8. The smallest absolute Gasteiger partial charge is 0.181 e. The van der Waals surface area contributed by atoms with Crippen LogP contribution in [0.25, 0.3) is 5.65 Å². The lowest BCUT2D eigenvalue weighted by Crippen LogP contribution is -2.17. The van der Waals surface area contributed by atoms with E-state index in [1.54, 1.807) is 4.40 Å². The highest BCUT2D eigenvalue weighted by atomic mass is 35.5. The minimum Gasteiger partial charge on any atom is -0.490 e. The lowest BCUT2D eigenvalue weighted by atomic mass is 9.94. The van der Waals surface area contributed by atoms with Crippen LogP contribution < -0.4 is 4.74 Å². The lowest BCUT2D eigenvalue weighted by molar-refractivity contribution is 0.0929. The van der Waals surface area contributed by atoms with Gasteiger partial charge >= 0.3 is 0 Å². The number of carbonyl (C=O) groups is 1. The van der Waals surface area contributed by atoms with Gasteiger partial charge in [0.05, 0.1) is 12.3 Å². The number of ketones is 1. The Kier molecular flexibility index (Phi) is 6.14. The van der Waals surface area contributed by atoms with E-state index in [9.17, 15) is 9.90 Å². The van der Waals surface area contributed by atoms with Crippen LogP contribution in [0, 0.1) is 12.8 Å². The second kappa shape index (κ2) is 8.55. The molecule has 0 saturated carbocycles. The van der Waals surface area contributed by atoms with E-state index in [1.807, 2.05) is 56.4 Å². The molecular formula is C21H23ClN2O3. The van der Waals surface area contributed by atoms with E-state index in [1.165, 1.54) is 0 Å². The molecule has 5 nitrogen and oxygen atoms in total. The molecular weight excluding hydrogens is 364 g/mol. The van der Waals surface area contributed by atoms with Gasteiger partial charge in [-0.2, -0.15) is 0 Å². The number of aromatic nitrogens is 2. The second-order valence-corrected chi connectivity index (χ2v) is 6.99. The molecule has 0 saturated heterocycles. The van der Waals surface area contributed by atoms with Crippen molar-refractivity contribution in [3.63, 3.8) is 0 Å². The van der Waals surface area contributed by atoms with Crippen molar-refractivity contribution in [1.82, 2.24) is 9.38 Å². The lowest BCUT2D eigenvalue weighted by Gasteiger charge is -2.14. The number of aliphatic hydroxyl groups excluding tert-OH is 1. The highest BCUT2D eigenvalue weighted by molar-refractivity contribution is 6.30. The Morgan fingerprint density at radius 2 is 2.04 bits per heavy atom. The minimum atomic E-state index is -0.168. The van der Waals surface area contributed by atoms with Gasteiger partial charge in [0.1, 0.15) is 5.69 Å². The Bertz CT molecular complexity index is 934. The summed E-state index contributed by atoms with van der Waals surface area (Å²) in [6, 6.07) is 11.2. The molecule has 0 amide bonds. The standard InChI is InChI=1S/C21H23ClN2O3/c1-3-27-19-5-4-10-24-20(14(2)23-21(19)24)18(26)12-16(13-25)11-15-6-8-17(22)9-7-15/h4-10,16,25H,3,11-13H2,1-2H3/t16-/m0/s1. The fourth-order valence-electron chi connectivity index (χ4n) is 3.27. The molecule has 0 aliphatic heterocycles. The zero-order chi connectivity index (χ0) is 19.4. The van der Waals surface area contributed by atoms with Crippen molar-refractivity contribution >= 4 is 23.0 Å². The van der Waals surface area contributed by atoms with Gasteiger partial charge in [-0.3, -0.25) is 9.20 Å². The third kappa shape index (κ3) is 4.31. The summed E-state index contributed by atoms with van der Waals surface area (Å²) in [5, 5.41) is 10.4. The molecule has 0 unspecified atom stereocenters. The molecule has 3 rings (SSSR count). The van der Waals surface area contributed by atoms with Crippen LogP contribution in [0.2, 0.25) is 5.02 Å². The molecule has 1 aromatic carbocycles. The van der Waals surface area contributed by atoms with Crippen molar-refractivity contribution in [1.29, 1.82) is 0 Å². The predicted octanol–water partition coefficient (Wildman–Crippen LogP) is 4.12. The molecule has 1 atom stereocenters. The van der Waals surface area contributed by atoms with Crippen LogP contribution in [0.4, 0.5) is 0 Å². The molecule has 2 heterocycles. The van der Waals surface area contributed by atoms with Crippen LogP contribution in [0.15, 0.2) is 42.6 Å². The zero-order valence-corrected chi connectivity index (χ0v) is 16.2. The average Bonchev–Trinajstić information content (AvgIpc) is 3.00. The van der Waals surface area contributed by atoms with Crippen molar-refractivity contribution in [2.75, 3.05) is 13.2 Å². The highest BCUT2D eigenvalue weighted by Gasteiger charge is 2.22. The SMILES string of the molecule is CCOc1cccn2c(C(=O)C[C@@H](CO)Cc3ccc(Cl)cc3)c(C)nc12. The topological polar surface area (TPSA) is 63.8 Å². The Labute approximate surface area is 163 Å². The number of pyridine rings is 1. The first kappa shape index (κ1) is 19.4. The summed E-state index contributed by atoms with van der Waals surface area (Å²) in [6.07, 6.45) is 2.67. The average molecular weight is 387 g/mol. The van der Waals surface area contributed by atoms with Crippen LogP contribution in [0.3, 0.4) is 0 Å². The number of imidazole rings is 1. The first-order chi connectivity index (χ1) is 13.0. The van der Waals surface area contributed by atoms with Gasteiger partial charge in [0.25, 0.3) is 0 Å². The fourth-order valence-corrected chi connectivity index (χ4v) is 3.40. The second-order valence-electron chi connectivity index (χ2n) is 6.55. The van der Waals surface area contributed by atoms with Gasteiger partial charge in [-0.1, -0.05) is 23.7 Å². The number of Topliss-reactive ketones (excluding diaryl/α,β-unsaturated/α-hetero) is 1. The van der Waals surface area contributed by atoms with Gasteiger partial charge in [0.2, 0.25) is 0 Å². The van der Waals surface area contributed by atoms with Crippen molar-refractivity contribution < 1.29 is 14.6 Å². The largest absolute Gasteiger partial charge is 0.490 e. The molecule has 142 valence electrons. The van der Waals surface area contributed by atoms with Crippen LogP contribution in [0.5, 0.6) is 5.75 Å². The van der Waals surface area contributed by atoms with Crippen LogP contribution in [-0.4, -0.2) is 33.5 Å². The fraction of sp³-hybridized carbons (Fsp3) is 0.333. The van der Waals surface area contributed by atoms with Gasteiger partial charge in [-0.05, 0) is 56.0 Å². The van der Waals surface area contributed by atoms with Crippen LogP contribution in [-0.2, 0) is 6.42 Å². The molecule has 0 bridgehead atoms. The molecule has 0 aliphatic carbocycles. The predicted molar refractivity (Wildman–Crippen MR) is 106 cm³/mol. The minimum absolute atomic E-state index is 0.0401. The molecule has 0 radical (unpaired) electrons. The maximum atomic E-state index is 13.0. The number of hydrogen-bond donors (Lipinski definition) is 1. The molecule has 0 spiro atoms. The number of aryl methyl sites for hydroxylation is 1. The van der Waals surface area contributed by atoms with Crippen molar-refractivity contribution in [3.05, 3.63) is 64.6 Å². The molecule has 0 fully saturated rings. The van der Waals surface area contributed by atoms with Crippen molar-refractivity contribution in [2.45, 2.75) is 26.7 Å². The quantitative estimate of drug-likeness (QED) is 0.591. The number of carbonyl (C=O) groups excluding carboxylic acids is 1. The summed E-state index contributed by atoms with van der Waals surface area (Å²) in [5.41, 5.74) is 2.88. The summed E-state index contributed by atoms with van der Waals surface area (Å²) >= 11 is 5.92. The summed E-state index contributed by atoms with van der Waals surface area (Å²) in [4.78, 5) is 17.5. The van der Waals surface area contributed by atoms with E-state index in [0.717, 1.165) is 5.56 Å². The summed E-state index contributed by atoms with van der Waals surface area (Å²) in [7, 11) is 0. The van der Waals surface area contributed by atoms with E-state index in [4.69, 9.17) is 16.3 Å². The first-order valence-corrected chi connectivity index (χ1v) is 9.40. The van der Waals surface area contributed by atoms with Gasteiger partial charge in [-0.15, -0.1) is 0 Å². The Balaban J connectivity index is 1.83. The molecule has 6 heteroatoms. The number of benzene rings is 1. The summed E-state index contributed by atoms with van der Waals surface area (Å²) in [5.74, 6) is 0.447. The van der Waals surface area contributed by atoms with Gasteiger partial charge < -0.3 is 9.84 Å². The van der Waals surface area contributed by atoms with Crippen molar-refractivity contribution in [2.24, 2.45) is 5.92 Å². The van der Waals surface area contributed by atoms with E-state index >= 15 is 0 Å². The van der Waals surface area contributed by atoms with Crippen LogP contribution >= 0.6 is 11.6 Å². The molecule has 0 aliphatic rings. The Morgan fingerprint density at radius 1 is 1.30 bits per heavy atom. The Hall–Kier alpha value is -2.37. The number of nitrogens with zero attached hydrogens (tertiary/aromatic N) is 2. The van der Waals surface area contributed by atoms with E-state index < -0.39 is 0 Å².